The second-order valence-corrected chi connectivity index (χ2v) is 4.51. The van der Waals surface area contributed by atoms with Crippen molar-refractivity contribution in [2.24, 2.45) is 0 Å². The zero-order valence-electron chi connectivity index (χ0n) is 8.97. The van der Waals surface area contributed by atoms with Crippen molar-refractivity contribution in [2.75, 3.05) is 23.3 Å². The first-order valence-electron chi connectivity index (χ1n) is 5.75. The number of anilines is 2. The molecule has 2 aliphatic heterocycles. The van der Waals surface area contributed by atoms with Crippen LogP contribution in [0.3, 0.4) is 0 Å². The number of hydrogen-bond donors (Lipinski definition) is 1. The van der Waals surface area contributed by atoms with Crippen molar-refractivity contribution in [2.45, 2.75) is 25.3 Å². The van der Waals surface area contributed by atoms with Gasteiger partial charge in [-0.15, -0.1) is 0 Å². The van der Waals surface area contributed by atoms with Gasteiger partial charge in [0.25, 0.3) is 0 Å². The van der Waals surface area contributed by atoms with Crippen LogP contribution in [0.25, 0.3) is 0 Å². The van der Waals surface area contributed by atoms with E-state index in [2.05, 4.69) is 10.2 Å². The Hall–Kier alpha value is -1.32. The Morgan fingerprint density at radius 1 is 1.25 bits per heavy atom. The van der Waals surface area contributed by atoms with E-state index in [0.29, 0.717) is 17.4 Å². The number of halogens is 2. The van der Waals surface area contributed by atoms with Gasteiger partial charge in [-0.25, -0.2) is 8.78 Å². The molecule has 0 aliphatic carbocycles. The van der Waals surface area contributed by atoms with Gasteiger partial charge in [0.2, 0.25) is 0 Å². The molecular weight excluding hydrogens is 210 g/mol. The van der Waals surface area contributed by atoms with Crippen LogP contribution in [-0.2, 0) is 0 Å². The Kier molecular flexibility index (Phi) is 2.23. The largest absolute Gasteiger partial charge is 0.379 e. The van der Waals surface area contributed by atoms with Gasteiger partial charge in [0.15, 0.2) is 5.82 Å². The summed E-state index contributed by atoms with van der Waals surface area (Å²) in [5.74, 6) is -0.983. The summed E-state index contributed by atoms with van der Waals surface area (Å²) < 4.78 is 26.8. The van der Waals surface area contributed by atoms with E-state index < -0.39 is 11.6 Å². The van der Waals surface area contributed by atoms with Crippen LogP contribution < -0.4 is 10.2 Å². The minimum atomic E-state index is -0.496. The molecule has 16 heavy (non-hydrogen) atoms. The van der Waals surface area contributed by atoms with E-state index in [9.17, 15) is 8.78 Å². The zero-order valence-corrected chi connectivity index (χ0v) is 8.97. The maximum absolute atomic E-state index is 13.6. The quantitative estimate of drug-likeness (QED) is 0.729. The third kappa shape index (κ3) is 1.44. The Bertz CT molecular complexity index is 420. The van der Waals surface area contributed by atoms with Gasteiger partial charge in [0.1, 0.15) is 5.82 Å². The van der Waals surface area contributed by atoms with E-state index in [0.717, 1.165) is 32.0 Å². The lowest BCUT2D eigenvalue weighted by atomic mass is 9.98. The van der Waals surface area contributed by atoms with E-state index in [1.54, 1.807) is 0 Å². The number of piperidine rings is 1. The van der Waals surface area contributed by atoms with Crippen molar-refractivity contribution in [1.29, 1.82) is 0 Å². The highest BCUT2D eigenvalue weighted by atomic mass is 19.1. The van der Waals surface area contributed by atoms with Crippen LogP contribution in [0.4, 0.5) is 20.2 Å². The summed E-state index contributed by atoms with van der Waals surface area (Å²) in [5, 5.41) is 3.07. The Morgan fingerprint density at radius 2 is 2.12 bits per heavy atom. The highest BCUT2D eigenvalue weighted by Gasteiger charge is 2.30. The smallest absolute Gasteiger partial charge is 0.151 e. The predicted molar refractivity (Wildman–Crippen MR) is 59.8 cm³/mol. The molecule has 0 spiro atoms. The van der Waals surface area contributed by atoms with Crippen LogP contribution in [0.15, 0.2) is 12.1 Å². The molecule has 2 nitrogen and oxygen atoms in total. The normalized spacial score (nSPS) is 23.4. The van der Waals surface area contributed by atoms with Gasteiger partial charge in [-0.2, -0.15) is 0 Å². The molecule has 0 aromatic heterocycles. The van der Waals surface area contributed by atoms with Gasteiger partial charge < -0.3 is 10.2 Å². The highest BCUT2D eigenvalue weighted by Crippen LogP contribution is 2.37. The average molecular weight is 224 g/mol. The molecule has 2 aliphatic rings. The summed E-state index contributed by atoms with van der Waals surface area (Å²) in [6.07, 6.45) is 3.41. The summed E-state index contributed by atoms with van der Waals surface area (Å²) >= 11 is 0. The van der Waals surface area contributed by atoms with Crippen LogP contribution >= 0.6 is 0 Å². The first-order chi connectivity index (χ1) is 7.75. The zero-order chi connectivity index (χ0) is 11.1. The van der Waals surface area contributed by atoms with Crippen LogP contribution in [0.1, 0.15) is 19.3 Å². The van der Waals surface area contributed by atoms with Crippen molar-refractivity contribution in [1.82, 2.24) is 0 Å². The fourth-order valence-corrected chi connectivity index (χ4v) is 2.71. The molecule has 0 saturated carbocycles. The molecule has 1 aromatic carbocycles. The van der Waals surface area contributed by atoms with Crippen molar-refractivity contribution in [3.63, 3.8) is 0 Å². The van der Waals surface area contributed by atoms with Gasteiger partial charge in [0.05, 0.1) is 11.4 Å². The SMILES string of the molecule is Fc1cc(F)c2c(c1)N1CCCCC1CN2. The second kappa shape index (κ2) is 3.61. The summed E-state index contributed by atoms with van der Waals surface area (Å²) in [4.78, 5) is 2.14. The number of nitrogens with zero attached hydrogens (tertiary/aromatic N) is 1. The van der Waals surface area contributed by atoms with Gasteiger partial charge in [-0.1, -0.05) is 0 Å². The lowest BCUT2D eigenvalue weighted by Gasteiger charge is -2.42. The Labute approximate surface area is 93.3 Å². The van der Waals surface area contributed by atoms with Gasteiger partial charge in [0, 0.05) is 25.2 Å². The number of fused-ring (bicyclic) bond motifs is 3. The fourth-order valence-electron chi connectivity index (χ4n) is 2.71. The Morgan fingerprint density at radius 3 is 3.00 bits per heavy atom. The lowest BCUT2D eigenvalue weighted by molar-refractivity contribution is 0.461. The van der Waals surface area contributed by atoms with E-state index in [-0.39, 0.29) is 0 Å². The van der Waals surface area contributed by atoms with Crippen LogP contribution in [0, 0.1) is 11.6 Å². The maximum atomic E-state index is 13.6. The topological polar surface area (TPSA) is 15.3 Å². The second-order valence-electron chi connectivity index (χ2n) is 4.51. The fraction of sp³-hybridized carbons (Fsp3) is 0.500. The molecule has 4 heteroatoms. The predicted octanol–water partition coefficient (Wildman–Crippen LogP) is 2.75. The number of nitrogens with one attached hydrogen (secondary N) is 1. The monoisotopic (exact) mass is 224 g/mol. The Balaban J connectivity index is 2.06. The highest BCUT2D eigenvalue weighted by molar-refractivity contribution is 5.73. The maximum Gasteiger partial charge on any atom is 0.151 e. The third-order valence-electron chi connectivity index (χ3n) is 3.49. The van der Waals surface area contributed by atoms with Crippen LogP contribution in [0.5, 0.6) is 0 Å². The molecule has 1 N–H and O–H groups in total. The molecule has 0 radical (unpaired) electrons. The van der Waals surface area contributed by atoms with E-state index in [1.807, 2.05) is 0 Å². The summed E-state index contributed by atoms with van der Waals surface area (Å²) in [7, 11) is 0. The van der Waals surface area contributed by atoms with Crippen LogP contribution in [0.2, 0.25) is 0 Å². The summed E-state index contributed by atoms with van der Waals surface area (Å²) in [6.45, 7) is 1.66. The van der Waals surface area contributed by atoms with Gasteiger partial charge in [-0.05, 0) is 25.3 Å². The third-order valence-corrected chi connectivity index (χ3v) is 3.49. The summed E-state index contributed by atoms with van der Waals surface area (Å²) in [5.41, 5.74) is 1.15. The van der Waals surface area contributed by atoms with Gasteiger partial charge in [-0.3, -0.25) is 0 Å². The molecule has 86 valence electrons. The van der Waals surface area contributed by atoms with Crippen molar-refractivity contribution < 1.29 is 8.78 Å². The molecular formula is C12H14F2N2. The molecule has 1 saturated heterocycles. The molecule has 0 amide bonds. The average Bonchev–Trinajstić information content (AvgIpc) is 2.28. The molecule has 2 heterocycles. The lowest BCUT2D eigenvalue weighted by Crippen LogP contribution is -2.47. The number of benzene rings is 1. The minimum absolute atomic E-state index is 0.391. The minimum Gasteiger partial charge on any atom is -0.379 e. The first kappa shape index (κ1) is 9.87. The van der Waals surface area contributed by atoms with Crippen LogP contribution in [-0.4, -0.2) is 19.1 Å². The molecule has 0 bridgehead atoms. The molecule has 1 atom stereocenters. The number of hydrogen-bond acceptors (Lipinski definition) is 2. The molecule has 1 fully saturated rings. The summed E-state index contributed by atoms with van der Waals surface area (Å²) in [6, 6.07) is 2.77. The molecule has 3 rings (SSSR count). The van der Waals surface area contributed by atoms with Crippen molar-refractivity contribution in [3.8, 4) is 0 Å². The number of rotatable bonds is 0. The van der Waals surface area contributed by atoms with Crippen molar-refractivity contribution >= 4 is 11.4 Å². The van der Waals surface area contributed by atoms with E-state index in [1.165, 1.54) is 12.5 Å². The first-order valence-corrected chi connectivity index (χ1v) is 5.75. The van der Waals surface area contributed by atoms with Gasteiger partial charge >= 0.3 is 0 Å². The van der Waals surface area contributed by atoms with E-state index in [4.69, 9.17) is 0 Å². The van der Waals surface area contributed by atoms with Crippen molar-refractivity contribution in [3.05, 3.63) is 23.8 Å². The standard InChI is InChI=1S/C12H14F2N2/c13-8-5-10(14)12-11(6-8)16-4-2-1-3-9(16)7-15-12/h5-6,9,15H,1-4,7H2. The molecule has 1 aromatic rings. The van der Waals surface area contributed by atoms with E-state index >= 15 is 0 Å². The molecule has 1 unspecified atom stereocenters.